The Bertz CT molecular complexity index is 740. The van der Waals surface area contributed by atoms with Gasteiger partial charge in [-0.15, -0.1) is 0 Å². The summed E-state index contributed by atoms with van der Waals surface area (Å²) < 4.78 is 10.4. The number of methoxy groups -OCH3 is 2. The van der Waals surface area contributed by atoms with Gasteiger partial charge < -0.3 is 14.8 Å². The monoisotopic (exact) mass is 361 g/mol. The number of nitrogens with zero attached hydrogens (tertiary/aromatic N) is 1. The molecule has 0 unspecified atom stereocenters. The molecule has 1 aromatic carbocycles. The topological polar surface area (TPSA) is 97.0 Å². The minimum absolute atomic E-state index is 0.172. The zero-order valence-electron chi connectivity index (χ0n) is 15.1. The lowest BCUT2D eigenvalue weighted by atomic mass is 9.77. The fraction of sp³-hybridized carbons (Fsp3) is 0.500. The lowest BCUT2D eigenvalue weighted by molar-refractivity contribution is -0.134. The van der Waals surface area contributed by atoms with Crippen LogP contribution in [0.1, 0.15) is 43.0 Å². The molecule has 1 saturated carbocycles. The number of hydrazine groups is 1. The average Bonchev–Trinajstić information content (AvgIpc) is 2.87. The van der Waals surface area contributed by atoms with Crippen LogP contribution in [0.4, 0.5) is 4.79 Å². The first-order valence-corrected chi connectivity index (χ1v) is 8.60. The number of imide groups is 1. The molecule has 1 saturated heterocycles. The van der Waals surface area contributed by atoms with Crippen LogP contribution in [-0.2, 0) is 4.79 Å². The van der Waals surface area contributed by atoms with Gasteiger partial charge in [-0.1, -0.05) is 13.0 Å². The van der Waals surface area contributed by atoms with Crippen molar-refractivity contribution >= 4 is 17.8 Å². The Labute approximate surface area is 151 Å². The molecule has 26 heavy (non-hydrogen) atoms. The summed E-state index contributed by atoms with van der Waals surface area (Å²) in [7, 11) is 2.88. The lowest BCUT2D eigenvalue weighted by Gasteiger charge is -2.33. The van der Waals surface area contributed by atoms with Crippen molar-refractivity contribution in [3.63, 3.8) is 0 Å². The van der Waals surface area contributed by atoms with E-state index in [0.29, 0.717) is 24.5 Å². The van der Waals surface area contributed by atoms with Gasteiger partial charge in [0.05, 0.1) is 19.8 Å². The number of para-hydroxylation sites is 1. The number of carbonyl (C=O) groups is 3. The highest BCUT2D eigenvalue weighted by Gasteiger charge is 2.53. The molecule has 1 spiro atoms. The molecule has 2 fully saturated rings. The number of urea groups is 1. The molecule has 0 aromatic heterocycles. The van der Waals surface area contributed by atoms with E-state index >= 15 is 0 Å². The summed E-state index contributed by atoms with van der Waals surface area (Å²) in [6.45, 7) is 2.13. The summed E-state index contributed by atoms with van der Waals surface area (Å²) in [4.78, 5) is 37.8. The number of rotatable bonds is 4. The first-order chi connectivity index (χ1) is 12.4. The number of ether oxygens (including phenoxy) is 2. The van der Waals surface area contributed by atoms with Gasteiger partial charge in [0.1, 0.15) is 5.54 Å². The molecular formula is C18H23N3O5. The van der Waals surface area contributed by atoms with E-state index in [1.165, 1.54) is 20.3 Å². The Morgan fingerprint density at radius 2 is 1.92 bits per heavy atom. The van der Waals surface area contributed by atoms with Crippen LogP contribution in [0.2, 0.25) is 0 Å². The number of nitrogens with one attached hydrogen (secondary N) is 2. The third-order valence-corrected chi connectivity index (χ3v) is 5.15. The fourth-order valence-electron chi connectivity index (χ4n) is 3.54. The van der Waals surface area contributed by atoms with E-state index in [0.717, 1.165) is 17.9 Å². The molecular weight excluding hydrogens is 338 g/mol. The van der Waals surface area contributed by atoms with Crippen LogP contribution in [0.3, 0.4) is 0 Å². The summed E-state index contributed by atoms with van der Waals surface area (Å²) in [5.74, 6) is 0.112. The molecule has 2 aliphatic rings. The van der Waals surface area contributed by atoms with Gasteiger partial charge in [0.2, 0.25) is 0 Å². The lowest BCUT2D eigenvalue weighted by Crippen LogP contribution is -2.51. The van der Waals surface area contributed by atoms with E-state index in [2.05, 4.69) is 17.7 Å². The van der Waals surface area contributed by atoms with E-state index in [9.17, 15) is 14.4 Å². The van der Waals surface area contributed by atoms with Gasteiger partial charge in [-0.3, -0.25) is 15.0 Å². The molecule has 0 radical (unpaired) electrons. The predicted octanol–water partition coefficient (Wildman–Crippen LogP) is 1.85. The quantitative estimate of drug-likeness (QED) is 0.798. The molecule has 3 rings (SSSR count). The maximum Gasteiger partial charge on any atom is 0.344 e. The molecule has 1 heterocycles. The van der Waals surface area contributed by atoms with Gasteiger partial charge >= 0.3 is 6.03 Å². The van der Waals surface area contributed by atoms with Gasteiger partial charge in [0.25, 0.3) is 11.8 Å². The highest BCUT2D eigenvalue weighted by Crippen LogP contribution is 2.36. The Hall–Kier alpha value is -2.77. The van der Waals surface area contributed by atoms with Crippen molar-refractivity contribution in [2.24, 2.45) is 5.92 Å². The molecule has 0 atom stereocenters. The fourth-order valence-corrected chi connectivity index (χ4v) is 3.54. The van der Waals surface area contributed by atoms with Crippen LogP contribution < -0.4 is 20.2 Å². The number of carbonyl (C=O) groups excluding carboxylic acids is 3. The highest BCUT2D eigenvalue weighted by molar-refractivity contribution is 6.09. The number of amides is 4. The minimum atomic E-state index is -0.907. The summed E-state index contributed by atoms with van der Waals surface area (Å²) in [6.07, 6.45) is 2.87. The number of hydrogen-bond acceptors (Lipinski definition) is 5. The molecule has 0 bridgehead atoms. The van der Waals surface area contributed by atoms with Gasteiger partial charge in [0.15, 0.2) is 11.5 Å². The molecule has 1 aliphatic carbocycles. The largest absolute Gasteiger partial charge is 0.493 e. The Kier molecular flexibility index (Phi) is 4.76. The van der Waals surface area contributed by atoms with Crippen molar-refractivity contribution in [2.75, 3.05) is 14.2 Å². The van der Waals surface area contributed by atoms with Gasteiger partial charge in [-0.25, -0.2) is 4.79 Å². The van der Waals surface area contributed by atoms with Crippen LogP contribution in [0, 0.1) is 5.92 Å². The van der Waals surface area contributed by atoms with Crippen LogP contribution in [0.15, 0.2) is 18.2 Å². The zero-order valence-corrected chi connectivity index (χ0v) is 15.1. The summed E-state index contributed by atoms with van der Waals surface area (Å²) in [5.41, 5.74) is 1.67. The minimum Gasteiger partial charge on any atom is -0.493 e. The van der Waals surface area contributed by atoms with Gasteiger partial charge in [-0.2, -0.15) is 5.01 Å². The van der Waals surface area contributed by atoms with E-state index in [-0.39, 0.29) is 11.3 Å². The second kappa shape index (κ2) is 6.86. The molecule has 8 heteroatoms. The van der Waals surface area contributed by atoms with Crippen LogP contribution in [0.5, 0.6) is 11.5 Å². The van der Waals surface area contributed by atoms with Crippen molar-refractivity contribution in [3.05, 3.63) is 23.8 Å². The zero-order chi connectivity index (χ0) is 18.9. The maximum atomic E-state index is 12.8. The maximum absolute atomic E-state index is 12.8. The first kappa shape index (κ1) is 18.0. The third kappa shape index (κ3) is 2.95. The van der Waals surface area contributed by atoms with Crippen molar-refractivity contribution < 1.29 is 23.9 Å². The van der Waals surface area contributed by atoms with E-state index in [4.69, 9.17) is 9.47 Å². The molecule has 2 N–H and O–H groups in total. The Balaban J connectivity index is 1.80. The smallest absolute Gasteiger partial charge is 0.344 e. The predicted molar refractivity (Wildman–Crippen MR) is 92.8 cm³/mol. The molecule has 140 valence electrons. The molecule has 4 amide bonds. The highest BCUT2D eigenvalue weighted by atomic mass is 16.5. The summed E-state index contributed by atoms with van der Waals surface area (Å²) >= 11 is 0. The summed E-state index contributed by atoms with van der Waals surface area (Å²) in [5, 5.41) is 3.54. The Morgan fingerprint density at radius 1 is 1.23 bits per heavy atom. The van der Waals surface area contributed by atoms with Crippen LogP contribution >= 0.6 is 0 Å². The van der Waals surface area contributed by atoms with Gasteiger partial charge in [0, 0.05) is 0 Å². The SMILES string of the molecule is COc1cccc(C(=O)NN2C(=O)NC3(CCC(C)CC3)C2=O)c1OC. The van der Waals surface area contributed by atoms with Crippen molar-refractivity contribution in [1.82, 2.24) is 15.8 Å². The first-order valence-electron chi connectivity index (χ1n) is 8.60. The Morgan fingerprint density at radius 3 is 2.54 bits per heavy atom. The average molecular weight is 361 g/mol. The van der Waals surface area contributed by atoms with E-state index < -0.39 is 23.4 Å². The van der Waals surface area contributed by atoms with Crippen LogP contribution in [0.25, 0.3) is 0 Å². The van der Waals surface area contributed by atoms with E-state index in [1.54, 1.807) is 12.1 Å². The number of hydrogen-bond donors (Lipinski definition) is 2. The standard InChI is InChI=1S/C18H23N3O5/c1-11-7-9-18(10-8-11)16(23)21(17(24)19-18)20-15(22)12-5-4-6-13(25-2)14(12)26-3/h4-6,11H,7-10H2,1-3H3,(H,19,24)(H,20,22). The van der Waals surface area contributed by atoms with E-state index in [1.807, 2.05) is 0 Å². The summed E-state index contributed by atoms with van der Waals surface area (Å²) in [6, 6.07) is 4.21. The van der Waals surface area contributed by atoms with Gasteiger partial charge in [-0.05, 0) is 43.7 Å². The second-order valence-corrected chi connectivity index (χ2v) is 6.82. The van der Waals surface area contributed by atoms with Crippen molar-refractivity contribution in [3.8, 4) is 11.5 Å². The molecule has 1 aliphatic heterocycles. The number of benzene rings is 1. The van der Waals surface area contributed by atoms with Crippen molar-refractivity contribution in [2.45, 2.75) is 38.1 Å². The van der Waals surface area contributed by atoms with Crippen LogP contribution in [-0.4, -0.2) is 42.6 Å². The third-order valence-electron chi connectivity index (χ3n) is 5.15. The molecule has 1 aromatic rings. The molecule has 8 nitrogen and oxygen atoms in total. The second-order valence-electron chi connectivity index (χ2n) is 6.82. The normalized spacial score (nSPS) is 25.2. The van der Waals surface area contributed by atoms with Crippen molar-refractivity contribution in [1.29, 1.82) is 0 Å².